The minimum atomic E-state index is -3.68. The van der Waals surface area contributed by atoms with E-state index in [0.29, 0.717) is 11.3 Å². The number of H-pyrrole nitrogens is 1. The van der Waals surface area contributed by atoms with Crippen molar-refractivity contribution >= 4 is 20.9 Å². The third-order valence-electron chi connectivity index (χ3n) is 2.11. The van der Waals surface area contributed by atoms with Crippen LogP contribution in [0, 0.1) is 0 Å². The third-order valence-corrected chi connectivity index (χ3v) is 2.94. The summed E-state index contributed by atoms with van der Waals surface area (Å²) in [5.74, 6) is 0.658. The molecule has 0 aliphatic rings. The maximum atomic E-state index is 11.1. The van der Waals surface area contributed by atoms with Crippen LogP contribution in [0.3, 0.4) is 0 Å². The molecule has 0 bridgehead atoms. The van der Waals surface area contributed by atoms with Crippen molar-refractivity contribution in [2.24, 2.45) is 5.14 Å². The molecule has 3 N–H and O–H groups in total. The highest BCUT2D eigenvalue weighted by Crippen LogP contribution is 2.22. The van der Waals surface area contributed by atoms with Crippen molar-refractivity contribution in [3.8, 4) is 5.75 Å². The summed E-state index contributed by atoms with van der Waals surface area (Å²) >= 11 is 0. The number of aromatic amines is 1. The van der Waals surface area contributed by atoms with Crippen molar-refractivity contribution in [3.63, 3.8) is 0 Å². The number of sulfonamides is 1. The molecule has 0 saturated heterocycles. The van der Waals surface area contributed by atoms with E-state index in [9.17, 15) is 8.42 Å². The zero-order chi connectivity index (χ0) is 11.1. The van der Waals surface area contributed by atoms with Crippen molar-refractivity contribution in [1.82, 2.24) is 4.98 Å². The lowest BCUT2D eigenvalue weighted by Gasteiger charge is -1.97. The molecule has 0 radical (unpaired) electrons. The average molecular weight is 226 g/mol. The van der Waals surface area contributed by atoms with Crippen LogP contribution in [0.5, 0.6) is 5.75 Å². The standard InChI is InChI=1S/C9H10N2O3S/c1-14-7-3-2-6-4-9(15(10,12)13)11-8(6)5-7/h2-5,11H,1H3,(H2,10,12,13). The minimum Gasteiger partial charge on any atom is -0.497 e. The molecular weight excluding hydrogens is 216 g/mol. The number of aromatic nitrogens is 1. The van der Waals surface area contributed by atoms with E-state index in [-0.39, 0.29) is 5.03 Å². The Hall–Kier alpha value is -1.53. The van der Waals surface area contributed by atoms with Gasteiger partial charge < -0.3 is 9.72 Å². The van der Waals surface area contributed by atoms with Crippen molar-refractivity contribution in [2.45, 2.75) is 5.03 Å². The lowest BCUT2D eigenvalue weighted by Crippen LogP contribution is -2.12. The molecule has 0 spiro atoms. The molecular formula is C9H10N2O3S. The molecule has 1 heterocycles. The Balaban J connectivity index is 2.66. The first-order chi connectivity index (χ1) is 7.00. The van der Waals surface area contributed by atoms with Gasteiger partial charge in [0.15, 0.2) is 0 Å². The van der Waals surface area contributed by atoms with E-state index in [2.05, 4.69) is 4.98 Å². The van der Waals surface area contributed by atoms with Crippen LogP contribution in [0.25, 0.3) is 10.9 Å². The van der Waals surface area contributed by atoms with Gasteiger partial charge in [-0.1, -0.05) is 0 Å². The number of methoxy groups -OCH3 is 1. The zero-order valence-electron chi connectivity index (χ0n) is 8.02. The summed E-state index contributed by atoms with van der Waals surface area (Å²) in [6.07, 6.45) is 0. The normalized spacial score (nSPS) is 11.9. The van der Waals surface area contributed by atoms with Crippen LogP contribution in [-0.2, 0) is 10.0 Å². The highest BCUT2D eigenvalue weighted by molar-refractivity contribution is 7.89. The largest absolute Gasteiger partial charge is 0.497 e. The van der Waals surface area contributed by atoms with Gasteiger partial charge in [-0.15, -0.1) is 0 Å². The van der Waals surface area contributed by atoms with E-state index in [1.165, 1.54) is 6.07 Å². The number of fused-ring (bicyclic) bond motifs is 1. The summed E-state index contributed by atoms with van der Waals surface area (Å²) in [6.45, 7) is 0. The lowest BCUT2D eigenvalue weighted by atomic mass is 10.2. The van der Waals surface area contributed by atoms with Crippen LogP contribution in [0.15, 0.2) is 29.3 Å². The van der Waals surface area contributed by atoms with Crippen molar-refractivity contribution < 1.29 is 13.2 Å². The fourth-order valence-electron chi connectivity index (χ4n) is 1.36. The van der Waals surface area contributed by atoms with Crippen molar-refractivity contribution in [2.75, 3.05) is 7.11 Å². The van der Waals surface area contributed by atoms with Gasteiger partial charge in [-0.05, 0) is 18.2 Å². The van der Waals surface area contributed by atoms with Crippen LogP contribution < -0.4 is 9.88 Å². The Bertz CT molecular complexity index is 601. The summed E-state index contributed by atoms with van der Waals surface area (Å²) < 4.78 is 27.2. The van der Waals surface area contributed by atoms with Crippen LogP contribution in [0.2, 0.25) is 0 Å². The smallest absolute Gasteiger partial charge is 0.253 e. The maximum absolute atomic E-state index is 11.1. The molecule has 0 saturated carbocycles. The Morgan fingerprint density at radius 3 is 2.67 bits per heavy atom. The van der Waals surface area contributed by atoms with Crippen LogP contribution >= 0.6 is 0 Å². The molecule has 1 aromatic heterocycles. The minimum absolute atomic E-state index is 0.00533. The van der Waals surface area contributed by atoms with Gasteiger partial charge >= 0.3 is 0 Å². The second-order valence-corrected chi connectivity index (χ2v) is 4.66. The van der Waals surface area contributed by atoms with E-state index in [4.69, 9.17) is 9.88 Å². The van der Waals surface area contributed by atoms with E-state index >= 15 is 0 Å². The van der Waals surface area contributed by atoms with Crippen molar-refractivity contribution in [3.05, 3.63) is 24.3 Å². The highest BCUT2D eigenvalue weighted by Gasteiger charge is 2.11. The predicted octanol–water partition coefficient (Wildman–Crippen LogP) is 0.824. The summed E-state index contributed by atoms with van der Waals surface area (Å²) in [4.78, 5) is 2.72. The topological polar surface area (TPSA) is 85.2 Å². The first-order valence-electron chi connectivity index (χ1n) is 4.20. The molecule has 80 valence electrons. The monoisotopic (exact) mass is 226 g/mol. The van der Waals surface area contributed by atoms with Gasteiger partial charge in [-0.2, -0.15) is 0 Å². The van der Waals surface area contributed by atoms with Gasteiger partial charge in [0.25, 0.3) is 10.0 Å². The molecule has 1 aromatic carbocycles. The summed E-state index contributed by atoms with van der Waals surface area (Å²) in [5, 5.41) is 5.78. The van der Waals surface area contributed by atoms with E-state index in [1.807, 2.05) is 0 Å². The fourth-order valence-corrected chi connectivity index (χ4v) is 1.90. The highest BCUT2D eigenvalue weighted by atomic mass is 32.2. The Morgan fingerprint density at radius 1 is 1.33 bits per heavy atom. The summed E-state index contributed by atoms with van der Waals surface area (Å²) in [7, 11) is -2.13. The third kappa shape index (κ3) is 1.81. The molecule has 0 amide bonds. The molecule has 5 nitrogen and oxygen atoms in total. The van der Waals surface area contributed by atoms with Crippen LogP contribution in [0.4, 0.5) is 0 Å². The molecule has 2 aromatic rings. The van der Waals surface area contributed by atoms with E-state index < -0.39 is 10.0 Å². The first-order valence-corrected chi connectivity index (χ1v) is 5.75. The zero-order valence-corrected chi connectivity index (χ0v) is 8.84. The summed E-state index contributed by atoms with van der Waals surface area (Å²) in [5.41, 5.74) is 0.679. The average Bonchev–Trinajstić information content (AvgIpc) is 2.59. The molecule has 6 heteroatoms. The van der Waals surface area contributed by atoms with Crippen LogP contribution in [-0.4, -0.2) is 20.5 Å². The fraction of sp³-hybridized carbons (Fsp3) is 0.111. The van der Waals surface area contributed by atoms with Crippen molar-refractivity contribution in [1.29, 1.82) is 0 Å². The number of hydrogen-bond donors (Lipinski definition) is 2. The molecule has 0 atom stereocenters. The number of ether oxygens (including phenoxy) is 1. The van der Waals surface area contributed by atoms with Gasteiger partial charge in [0, 0.05) is 11.5 Å². The number of nitrogens with one attached hydrogen (secondary N) is 1. The second kappa shape index (κ2) is 3.25. The number of hydrogen-bond acceptors (Lipinski definition) is 3. The van der Waals surface area contributed by atoms with E-state index in [1.54, 1.807) is 25.3 Å². The van der Waals surface area contributed by atoms with Gasteiger partial charge in [0.2, 0.25) is 0 Å². The second-order valence-electron chi connectivity index (χ2n) is 3.13. The SMILES string of the molecule is COc1ccc2cc(S(N)(=O)=O)[nH]c2c1. The van der Waals surface area contributed by atoms with Gasteiger partial charge in [0.1, 0.15) is 10.8 Å². The molecule has 15 heavy (non-hydrogen) atoms. The Morgan fingerprint density at radius 2 is 2.07 bits per heavy atom. The number of rotatable bonds is 2. The number of nitrogens with two attached hydrogens (primary N) is 1. The Kier molecular flexibility index (Phi) is 2.17. The van der Waals surface area contributed by atoms with Gasteiger partial charge in [0.05, 0.1) is 12.6 Å². The Labute approximate surface area is 86.9 Å². The molecule has 0 aliphatic carbocycles. The first kappa shape index (κ1) is 10.0. The van der Waals surface area contributed by atoms with Gasteiger partial charge in [-0.25, -0.2) is 13.6 Å². The number of primary sulfonamides is 1. The molecule has 2 rings (SSSR count). The van der Waals surface area contributed by atoms with Gasteiger partial charge in [-0.3, -0.25) is 0 Å². The maximum Gasteiger partial charge on any atom is 0.253 e. The number of benzene rings is 1. The summed E-state index contributed by atoms with van der Waals surface area (Å²) in [6, 6.07) is 6.72. The lowest BCUT2D eigenvalue weighted by molar-refractivity contribution is 0.415. The molecule has 0 unspecified atom stereocenters. The molecule has 0 fully saturated rings. The van der Waals surface area contributed by atoms with Crippen LogP contribution in [0.1, 0.15) is 0 Å². The molecule has 0 aliphatic heterocycles. The predicted molar refractivity (Wildman–Crippen MR) is 56.2 cm³/mol. The van der Waals surface area contributed by atoms with E-state index in [0.717, 1.165) is 5.39 Å². The quantitative estimate of drug-likeness (QED) is 0.795.